The van der Waals surface area contributed by atoms with Crippen LogP contribution in [0.2, 0.25) is 0 Å². The molecule has 5 nitrogen and oxygen atoms in total. The molecule has 1 aliphatic carbocycles. The van der Waals surface area contributed by atoms with Gasteiger partial charge in [-0.05, 0) is 36.8 Å². The van der Waals surface area contributed by atoms with Crippen molar-refractivity contribution >= 4 is 10.0 Å². The van der Waals surface area contributed by atoms with Crippen LogP contribution in [0, 0.1) is 0 Å². The smallest absolute Gasteiger partial charge is 0.241 e. The molecule has 2 fully saturated rings. The van der Waals surface area contributed by atoms with E-state index in [2.05, 4.69) is 0 Å². The lowest BCUT2D eigenvalue weighted by Crippen LogP contribution is -2.53. The van der Waals surface area contributed by atoms with Crippen LogP contribution in [0.15, 0.2) is 23.1 Å². The van der Waals surface area contributed by atoms with Crippen LogP contribution in [-0.4, -0.2) is 25.7 Å². The third kappa shape index (κ3) is 1.72. The molecule has 1 spiro atoms. The predicted molar refractivity (Wildman–Crippen MR) is 64.8 cm³/mol. The Balaban J connectivity index is 1.90. The number of para-hydroxylation sites is 1. The Kier molecular flexibility index (Phi) is 2.45. The van der Waals surface area contributed by atoms with Crippen molar-refractivity contribution in [2.24, 2.45) is 5.14 Å². The Morgan fingerprint density at radius 3 is 2.56 bits per heavy atom. The first-order valence-electron chi connectivity index (χ1n) is 5.90. The fourth-order valence-corrected chi connectivity index (χ4v) is 3.52. The topological polar surface area (TPSA) is 89.6 Å². The van der Waals surface area contributed by atoms with E-state index in [1.54, 1.807) is 12.1 Å². The van der Waals surface area contributed by atoms with Gasteiger partial charge in [0.25, 0.3) is 0 Å². The molecule has 1 saturated carbocycles. The number of rotatable bonds is 2. The second-order valence-corrected chi connectivity index (χ2v) is 6.66. The lowest BCUT2D eigenvalue weighted by Gasteiger charge is -2.53. The van der Waals surface area contributed by atoms with Gasteiger partial charge in [0.05, 0.1) is 12.2 Å². The minimum Gasteiger partial charge on any atom is -0.506 e. The van der Waals surface area contributed by atoms with E-state index in [9.17, 15) is 13.5 Å². The van der Waals surface area contributed by atoms with Gasteiger partial charge in [0, 0.05) is 0 Å². The average Bonchev–Trinajstić information content (AvgIpc) is 2.14. The molecule has 0 unspecified atom stereocenters. The van der Waals surface area contributed by atoms with E-state index in [0.717, 1.165) is 25.9 Å². The first-order valence-corrected chi connectivity index (χ1v) is 7.45. The highest BCUT2D eigenvalue weighted by atomic mass is 32.2. The van der Waals surface area contributed by atoms with Crippen molar-refractivity contribution < 1.29 is 18.3 Å². The maximum absolute atomic E-state index is 11.3. The van der Waals surface area contributed by atoms with Gasteiger partial charge in [-0.15, -0.1) is 0 Å². The normalized spacial score (nSPS) is 30.8. The number of phenolic OH excluding ortho intramolecular Hbond substituents is 1. The van der Waals surface area contributed by atoms with Crippen LogP contribution in [-0.2, 0) is 14.8 Å². The van der Waals surface area contributed by atoms with Gasteiger partial charge in [-0.2, -0.15) is 0 Å². The SMILES string of the molecule is NS(=O)(=O)c1cccc(C2CC3(CCO3)C2)c1O. The van der Waals surface area contributed by atoms with Gasteiger partial charge in [-0.25, -0.2) is 13.6 Å². The summed E-state index contributed by atoms with van der Waals surface area (Å²) in [6, 6.07) is 4.68. The van der Waals surface area contributed by atoms with Crippen LogP contribution in [0.4, 0.5) is 0 Å². The zero-order chi connectivity index (χ0) is 13.0. The number of sulfonamides is 1. The van der Waals surface area contributed by atoms with Crippen molar-refractivity contribution in [3.05, 3.63) is 23.8 Å². The van der Waals surface area contributed by atoms with E-state index in [1.807, 2.05) is 0 Å². The van der Waals surface area contributed by atoms with Gasteiger partial charge in [-0.3, -0.25) is 0 Å². The molecule has 18 heavy (non-hydrogen) atoms. The number of benzene rings is 1. The zero-order valence-electron chi connectivity index (χ0n) is 9.80. The summed E-state index contributed by atoms with van der Waals surface area (Å²) in [5.74, 6) is -0.0498. The molecule has 98 valence electrons. The van der Waals surface area contributed by atoms with Gasteiger partial charge < -0.3 is 9.84 Å². The first kappa shape index (κ1) is 12.0. The Morgan fingerprint density at radius 1 is 1.39 bits per heavy atom. The summed E-state index contributed by atoms with van der Waals surface area (Å²) >= 11 is 0. The molecule has 3 rings (SSSR count). The van der Waals surface area contributed by atoms with Crippen LogP contribution in [0.3, 0.4) is 0 Å². The molecule has 1 aliphatic heterocycles. The number of primary sulfonamides is 1. The lowest BCUT2D eigenvalue weighted by molar-refractivity contribution is -0.199. The fraction of sp³-hybridized carbons (Fsp3) is 0.500. The van der Waals surface area contributed by atoms with Crippen LogP contribution in [0.5, 0.6) is 5.75 Å². The zero-order valence-corrected chi connectivity index (χ0v) is 10.6. The molecule has 0 aromatic heterocycles. The first-order chi connectivity index (χ1) is 8.41. The molecule has 2 aliphatic rings. The van der Waals surface area contributed by atoms with Crippen LogP contribution in [0.25, 0.3) is 0 Å². The Bertz CT molecular complexity index is 584. The number of ether oxygens (including phenoxy) is 1. The maximum Gasteiger partial charge on any atom is 0.241 e. The standard InChI is InChI=1S/C12H15NO4S/c13-18(15,16)10-3-1-2-9(11(10)14)8-6-12(7-8)4-5-17-12/h1-3,8,14H,4-7H2,(H2,13,15,16). The second-order valence-electron chi connectivity index (χ2n) is 5.13. The van der Waals surface area contributed by atoms with Gasteiger partial charge in [0.15, 0.2) is 0 Å². The van der Waals surface area contributed by atoms with Crippen LogP contribution in [0.1, 0.15) is 30.7 Å². The van der Waals surface area contributed by atoms with Crippen molar-refractivity contribution in [1.82, 2.24) is 0 Å². The molecular formula is C12H15NO4S. The molecule has 0 amide bonds. The predicted octanol–water partition coefficient (Wildman–Crippen LogP) is 1.08. The molecule has 3 N–H and O–H groups in total. The number of aromatic hydroxyl groups is 1. The van der Waals surface area contributed by atoms with Gasteiger partial charge in [0.2, 0.25) is 10.0 Å². The summed E-state index contributed by atoms with van der Waals surface area (Å²) in [6.45, 7) is 0.802. The van der Waals surface area contributed by atoms with Crippen molar-refractivity contribution in [2.75, 3.05) is 6.61 Å². The summed E-state index contributed by atoms with van der Waals surface area (Å²) in [7, 11) is -3.88. The van der Waals surface area contributed by atoms with Crippen molar-refractivity contribution in [3.63, 3.8) is 0 Å². The molecule has 1 saturated heterocycles. The summed E-state index contributed by atoms with van der Waals surface area (Å²) in [5, 5.41) is 15.1. The number of nitrogens with two attached hydrogens (primary N) is 1. The van der Waals surface area contributed by atoms with E-state index < -0.39 is 10.0 Å². The molecule has 1 aromatic carbocycles. The molecular weight excluding hydrogens is 254 g/mol. The third-order valence-corrected chi connectivity index (χ3v) is 4.92. The monoisotopic (exact) mass is 269 g/mol. The van der Waals surface area contributed by atoms with Crippen molar-refractivity contribution in [2.45, 2.75) is 35.7 Å². The van der Waals surface area contributed by atoms with Crippen molar-refractivity contribution in [3.8, 4) is 5.75 Å². The minimum absolute atomic E-state index is 0.00526. The second kappa shape index (κ2) is 3.69. The molecule has 6 heteroatoms. The highest BCUT2D eigenvalue weighted by Crippen LogP contribution is 2.54. The average molecular weight is 269 g/mol. The molecule has 0 atom stereocenters. The third-order valence-electron chi connectivity index (χ3n) is 3.98. The Labute approximate surface area is 106 Å². The molecule has 0 radical (unpaired) electrons. The summed E-state index contributed by atoms with van der Waals surface area (Å²) < 4.78 is 28.2. The van der Waals surface area contributed by atoms with E-state index in [1.165, 1.54) is 6.07 Å². The molecule has 0 bridgehead atoms. The summed E-state index contributed by atoms with van der Waals surface area (Å²) in [6.07, 6.45) is 2.74. The van der Waals surface area contributed by atoms with Crippen LogP contribution < -0.4 is 5.14 Å². The lowest BCUT2D eigenvalue weighted by atomic mass is 9.64. The summed E-state index contributed by atoms with van der Waals surface area (Å²) in [4.78, 5) is -0.199. The van der Waals surface area contributed by atoms with Crippen LogP contribution >= 0.6 is 0 Å². The molecule has 1 heterocycles. The van der Waals surface area contributed by atoms with E-state index in [-0.39, 0.29) is 22.2 Å². The number of phenols is 1. The van der Waals surface area contributed by atoms with Crippen molar-refractivity contribution in [1.29, 1.82) is 0 Å². The fourth-order valence-electron chi connectivity index (χ4n) is 2.87. The summed E-state index contributed by atoms with van der Waals surface area (Å²) in [5.41, 5.74) is 0.650. The highest BCUT2D eigenvalue weighted by molar-refractivity contribution is 7.89. The van der Waals surface area contributed by atoms with E-state index in [0.29, 0.717) is 5.56 Å². The van der Waals surface area contributed by atoms with E-state index in [4.69, 9.17) is 9.88 Å². The highest BCUT2D eigenvalue weighted by Gasteiger charge is 2.51. The van der Waals surface area contributed by atoms with Gasteiger partial charge in [0.1, 0.15) is 10.6 Å². The molecule has 1 aromatic rings. The van der Waals surface area contributed by atoms with Gasteiger partial charge >= 0.3 is 0 Å². The number of hydrogen-bond acceptors (Lipinski definition) is 4. The minimum atomic E-state index is -3.88. The van der Waals surface area contributed by atoms with E-state index >= 15 is 0 Å². The number of hydrogen-bond donors (Lipinski definition) is 2. The Hall–Kier alpha value is -1.11. The van der Waals surface area contributed by atoms with Gasteiger partial charge in [-0.1, -0.05) is 12.1 Å². The Morgan fingerprint density at radius 2 is 2.06 bits per heavy atom. The largest absolute Gasteiger partial charge is 0.506 e. The quantitative estimate of drug-likeness (QED) is 0.840. The maximum atomic E-state index is 11.3.